The molecule has 0 bridgehead atoms. The lowest BCUT2D eigenvalue weighted by Crippen LogP contribution is -2.41. The SMILES string of the molecule is NC(=O)CN(OC(F)(F)F)S(=O)(=O)c1ccccc1. The fraction of sp³-hybridized carbons (Fsp3) is 0.222. The second-order valence-electron chi connectivity index (χ2n) is 3.28. The number of primary amides is 1. The van der Waals surface area contributed by atoms with Gasteiger partial charge >= 0.3 is 6.36 Å². The Morgan fingerprint density at radius 3 is 2.21 bits per heavy atom. The summed E-state index contributed by atoms with van der Waals surface area (Å²) in [6.45, 7) is -1.25. The summed E-state index contributed by atoms with van der Waals surface area (Å²) < 4.78 is 59.5. The van der Waals surface area contributed by atoms with Crippen molar-refractivity contribution in [3.05, 3.63) is 30.3 Å². The molecule has 1 rings (SSSR count). The van der Waals surface area contributed by atoms with E-state index < -0.39 is 38.2 Å². The molecule has 0 aromatic heterocycles. The minimum Gasteiger partial charge on any atom is -0.368 e. The molecule has 0 spiro atoms. The first kappa shape index (κ1) is 15.4. The van der Waals surface area contributed by atoms with E-state index in [1.165, 1.54) is 18.2 Å². The number of nitrogens with zero attached hydrogens (tertiary/aromatic N) is 1. The Kier molecular flexibility index (Phi) is 4.50. The normalized spacial score (nSPS) is 12.6. The molecule has 0 aliphatic carbocycles. The summed E-state index contributed by atoms with van der Waals surface area (Å²) in [5.41, 5.74) is 4.69. The minimum atomic E-state index is -5.27. The second kappa shape index (κ2) is 5.55. The highest BCUT2D eigenvalue weighted by molar-refractivity contribution is 7.89. The Morgan fingerprint density at radius 2 is 1.79 bits per heavy atom. The number of halogens is 3. The zero-order chi connectivity index (χ0) is 14.7. The van der Waals surface area contributed by atoms with Crippen molar-refractivity contribution in [2.24, 2.45) is 5.73 Å². The molecule has 0 atom stereocenters. The molecule has 0 saturated carbocycles. The molecule has 0 aliphatic rings. The van der Waals surface area contributed by atoms with Gasteiger partial charge in [0.15, 0.2) is 0 Å². The van der Waals surface area contributed by atoms with Crippen LogP contribution in [0.25, 0.3) is 0 Å². The van der Waals surface area contributed by atoms with Crippen LogP contribution in [0.5, 0.6) is 0 Å². The van der Waals surface area contributed by atoms with Crippen LogP contribution in [-0.4, -0.2) is 31.7 Å². The predicted octanol–water partition coefficient (Wildman–Crippen LogP) is 0.614. The highest BCUT2D eigenvalue weighted by Gasteiger charge is 2.39. The van der Waals surface area contributed by atoms with E-state index in [0.29, 0.717) is 0 Å². The van der Waals surface area contributed by atoms with Gasteiger partial charge in [0.1, 0.15) is 6.54 Å². The molecule has 0 unspecified atom stereocenters. The van der Waals surface area contributed by atoms with E-state index in [0.717, 1.165) is 12.1 Å². The van der Waals surface area contributed by atoms with Gasteiger partial charge in [0, 0.05) is 0 Å². The van der Waals surface area contributed by atoms with Gasteiger partial charge in [0.2, 0.25) is 5.91 Å². The summed E-state index contributed by atoms with van der Waals surface area (Å²) >= 11 is 0. The van der Waals surface area contributed by atoms with Crippen molar-refractivity contribution in [1.82, 2.24) is 4.47 Å². The molecule has 0 saturated heterocycles. The summed E-state index contributed by atoms with van der Waals surface area (Å²) in [5, 5.41) is 0. The van der Waals surface area contributed by atoms with E-state index in [-0.39, 0.29) is 0 Å². The number of amides is 1. The van der Waals surface area contributed by atoms with Gasteiger partial charge < -0.3 is 5.73 Å². The minimum absolute atomic E-state index is 0.458. The van der Waals surface area contributed by atoms with Crippen LogP contribution < -0.4 is 5.73 Å². The molecule has 0 radical (unpaired) electrons. The van der Waals surface area contributed by atoms with Crippen LogP contribution in [0.15, 0.2) is 35.2 Å². The van der Waals surface area contributed by atoms with Crippen LogP contribution in [-0.2, 0) is 19.7 Å². The number of alkyl halides is 3. The third kappa shape index (κ3) is 4.50. The molecule has 0 fully saturated rings. The van der Waals surface area contributed by atoms with Gasteiger partial charge in [-0.1, -0.05) is 22.7 Å². The van der Waals surface area contributed by atoms with Crippen LogP contribution in [0.1, 0.15) is 0 Å². The maximum Gasteiger partial charge on any atom is 0.540 e. The largest absolute Gasteiger partial charge is 0.540 e. The molecule has 2 N–H and O–H groups in total. The third-order valence-electron chi connectivity index (χ3n) is 1.80. The van der Waals surface area contributed by atoms with E-state index >= 15 is 0 Å². The molecule has 106 valence electrons. The molecule has 1 aromatic rings. The van der Waals surface area contributed by atoms with Gasteiger partial charge in [0.05, 0.1) is 4.90 Å². The first-order chi connectivity index (χ1) is 8.63. The Hall–Kier alpha value is -1.65. The maximum absolute atomic E-state index is 12.1. The van der Waals surface area contributed by atoms with Crippen molar-refractivity contribution < 1.29 is 31.2 Å². The summed E-state index contributed by atoms with van der Waals surface area (Å²) in [5.74, 6) is -1.29. The molecule has 10 heteroatoms. The number of carbonyl (C=O) groups is 1. The van der Waals surface area contributed by atoms with E-state index in [1.807, 2.05) is 0 Å². The highest BCUT2D eigenvalue weighted by atomic mass is 32.2. The fourth-order valence-electron chi connectivity index (χ4n) is 1.12. The van der Waals surface area contributed by atoms with Crippen molar-refractivity contribution in [3.63, 3.8) is 0 Å². The number of hydroxylamine groups is 1. The summed E-state index contributed by atoms with van der Waals surface area (Å²) in [7, 11) is -4.64. The highest BCUT2D eigenvalue weighted by Crippen LogP contribution is 2.23. The van der Waals surface area contributed by atoms with Crippen LogP contribution in [0.3, 0.4) is 0 Å². The number of carbonyl (C=O) groups excluding carboxylic acids is 1. The lowest BCUT2D eigenvalue weighted by Gasteiger charge is -2.20. The molecule has 19 heavy (non-hydrogen) atoms. The molecule has 1 aromatic carbocycles. The Labute approximate surface area is 106 Å². The third-order valence-corrected chi connectivity index (χ3v) is 3.41. The van der Waals surface area contributed by atoms with Crippen molar-refractivity contribution in [2.75, 3.05) is 6.54 Å². The lowest BCUT2D eigenvalue weighted by atomic mass is 10.4. The van der Waals surface area contributed by atoms with Crippen LogP contribution in [0.4, 0.5) is 13.2 Å². The van der Waals surface area contributed by atoms with Crippen LogP contribution >= 0.6 is 0 Å². The first-order valence-corrected chi connectivity index (χ1v) is 6.19. The summed E-state index contributed by atoms with van der Waals surface area (Å²) in [6.07, 6.45) is -5.27. The number of sulfonamides is 1. The molecular weight excluding hydrogens is 289 g/mol. The van der Waals surface area contributed by atoms with Crippen LogP contribution in [0, 0.1) is 0 Å². The van der Waals surface area contributed by atoms with Gasteiger partial charge in [-0.25, -0.2) is 8.42 Å². The molecule has 1 amide bonds. The topological polar surface area (TPSA) is 89.7 Å². The fourth-order valence-corrected chi connectivity index (χ4v) is 2.34. The number of hydrogen-bond acceptors (Lipinski definition) is 4. The Bertz CT molecular complexity index is 544. The standard InChI is InChI=1S/C9H9F3N2O4S/c10-9(11,12)18-14(6-8(13)15)19(16,17)7-4-2-1-3-5-7/h1-5H,6H2,(H2,13,15). The monoisotopic (exact) mass is 298 g/mol. The molecule has 0 aliphatic heterocycles. The average Bonchev–Trinajstić information content (AvgIpc) is 2.27. The van der Waals surface area contributed by atoms with E-state index in [4.69, 9.17) is 5.73 Å². The van der Waals surface area contributed by atoms with Gasteiger partial charge in [-0.3, -0.25) is 4.79 Å². The van der Waals surface area contributed by atoms with E-state index in [1.54, 1.807) is 0 Å². The average molecular weight is 298 g/mol. The number of rotatable bonds is 5. The van der Waals surface area contributed by atoms with Gasteiger partial charge in [-0.05, 0) is 12.1 Å². The zero-order valence-electron chi connectivity index (χ0n) is 9.29. The van der Waals surface area contributed by atoms with Gasteiger partial charge in [-0.2, -0.15) is 4.84 Å². The number of nitrogens with two attached hydrogens (primary N) is 1. The van der Waals surface area contributed by atoms with Crippen molar-refractivity contribution >= 4 is 15.9 Å². The van der Waals surface area contributed by atoms with E-state index in [9.17, 15) is 26.4 Å². The van der Waals surface area contributed by atoms with Crippen LogP contribution in [0.2, 0.25) is 0 Å². The molecule has 6 nitrogen and oxygen atoms in total. The Balaban J connectivity index is 3.13. The second-order valence-corrected chi connectivity index (χ2v) is 5.11. The molecule has 0 heterocycles. The first-order valence-electron chi connectivity index (χ1n) is 4.75. The predicted molar refractivity (Wildman–Crippen MR) is 56.7 cm³/mol. The Morgan fingerprint density at radius 1 is 1.26 bits per heavy atom. The van der Waals surface area contributed by atoms with Crippen molar-refractivity contribution in [3.8, 4) is 0 Å². The zero-order valence-corrected chi connectivity index (χ0v) is 10.1. The lowest BCUT2D eigenvalue weighted by molar-refractivity contribution is -0.388. The summed E-state index contributed by atoms with van der Waals surface area (Å²) in [4.78, 5) is 13.5. The van der Waals surface area contributed by atoms with Gasteiger partial charge in [0.25, 0.3) is 10.0 Å². The number of benzene rings is 1. The van der Waals surface area contributed by atoms with E-state index in [2.05, 4.69) is 4.84 Å². The quantitative estimate of drug-likeness (QED) is 0.807. The smallest absolute Gasteiger partial charge is 0.368 e. The molecular formula is C9H9F3N2O4S. The van der Waals surface area contributed by atoms with Crippen molar-refractivity contribution in [1.29, 1.82) is 0 Å². The maximum atomic E-state index is 12.1. The van der Waals surface area contributed by atoms with Gasteiger partial charge in [-0.15, -0.1) is 13.2 Å². The number of hydrogen-bond donors (Lipinski definition) is 1. The van der Waals surface area contributed by atoms with Crippen molar-refractivity contribution in [2.45, 2.75) is 11.3 Å². The summed E-state index contributed by atoms with van der Waals surface area (Å²) in [6, 6.07) is 6.21.